The van der Waals surface area contributed by atoms with Crippen LogP contribution in [0.2, 0.25) is 0 Å². The SMILES string of the molecule is CC(=O)O/N=C(\C)c1ccccc1-c1ccccc1. The molecule has 3 nitrogen and oxygen atoms in total. The fourth-order valence-corrected chi connectivity index (χ4v) is 1.85. The third-order valence-electron chi connectivity index (χ3n) is 2.71. The number of hydrogen-bond acceptors (Lipinski definition) is 3. The van der Waals surface area contributed by atoms with Gasteiger partial charge in [0, 0.05) is 12.5 Å². The summed E-state index contributed by atoms with van der Waals surface area (Å²) >= 11 is 0. The zero-order valence-electron chi connectivity index (χ0n) is 11.0. The second-order valence-corrected chi connectivity index (χ2v) is 4.17. The lowest BCUT2D eigenvalue weighted by Gasteiger charge is -2.08. The van der Waals surface area contributed by atoms with Crippen molar-refractivity contribution >= 4 is 11.7 Å². The van der Waals surface area contributed by atoms with Gasteiger partial charge in [-0.2, -0.15) is 0 Å². The lowest BCUT2D eigenvalue weighted by atomic mass is 9.97. The van der Waals surface area contributed by atoms with Gasteiger partial charge < -0.3 is 4.84 Å². The number of hydrogen-bond donors (Lipinski definition) is 0. The van der Waals surface area contributed by atoms with Gasteiger partial charge in [-0.3, -0.25) is 0 Å². The maximum Gasteiger partial charge on any atom is 0.331 e. The Morgan fingerprint density at radius 3 is 2.26 bits per heavy atom. The van der Waals surface area contributed by atoms with Gasteiger partial charge in [0.15, 0.2) is 0 Å². The van der Waals surface area contributed by atoms with Crippen LogP contribution in [0.15, 0.2) is 59.8 Å². The fourth-order valence-electron chi connectivity index (χ4n) is 1.85. The molecule has 0 aromatic heterocycles. The molecule has 0 spiro atoms. The Balaban J connectivity index is 2.42. The van der Waals surface area contributed by atoms with Crippen molar-refractivity contribution in [3.63, 3.8) is 0 Å². The minimum atomic E-state index is -0.420. The van der Waals surface area contributed by atoms with Crippen LogP contribution in [0.1, 0.15) is 19.4 Å². The molecule has 0 saturated carbocycles. The van der Waals surface area contributed by atoms with E-state index in [-0.39, 0.29) is 0 Å². The number of oxime groups is 1. The second-order valence-electron chi connectivity index (χ2n) is 4.17. The van der Waals surface area contributed by atoms with Crippen LogP contribution in [0, 0.1) is 0 Å². The van der Waals surface area contributed by atoms with Crippen molar-refractivity contribution in [2.75, 3.05) is 0 Å². The molecule has 2 aromatic carbocycles. The summed E-state index contributed by atoms with van der Waals surface area (Å²) in [4.78, 5) is 15.5. The molecule has 0 bridgehead atoms. The molecule has 0 aliphatic carbocycles. The van der Waals surface area contributed by atoms with E-state index in [0.29, 0.717) is 5.71 Å². The molecule has 0 aliphatic heterocycles. The first kappa shape index (κ1) is 13.0. The van der Waals surface area contributed by atoms with Gasteiger partial charge in [-0.05, 0) is 18.1 Å². The Bertz CT molecular complexity index is 603. The molecule has 2 aromatic rings. The monoisotopic (exact) mass is 253 g/mol. The highest BCUT2D eigenvalue weighted by Crippen LogP contribution is 2.23. The van der Waals surface area contributed by atoms with Gasteiger partial charge in [-0.1, -0.05) is 59.8 Å². The lowest BCUT2D eigenvalue weighted by Crippen LogP contribution is -2.01. The molecule has 0 radical (unpaired) electrons. The van der Waals surface area contributed by atoms with Crippen LogP contribution in [-0.4, -0.2) is 11.7 Å². The Kier molecular flexibility index (Phi) is 4.08. The summed E-state index contributed by atoms with van der Waals surface area (Å²) in [6.45, 7) is 3.16. The highest BCUT2D eigenvalue weighted by molar-refractivity contribution is 6.04. The summed E-state index contributed by atoms with van der Waals surface area (Å²) in [6.07, 6.45) is 0. The Labute approximate surface area is 112 Å². The van der Waals surface area contributed by atoms with E-state index in [1.807, 2.05) is 61.5 Å². The molecule has 0 atom stereocenters. The molecule has 2 rings (SSSR count). The van der Waals surface area contributed by atoms with E-state index >= 15 is 0 Å². The summed E-state index contributed by atoms with van der Waals surface area (Å²) in [5, 5.41) is 3.85. The smallest absolute Gasteiger partial charge is 0.318 e. The molecule has 3 heteroatoms. The van der Waals surface area contributed by atoms with E-state index in [1.165, 1.54) is 6.92 Å². The normalized spacial score (nSPS) is 11.2. The molecule has 19 heavy (non-hydrogen) atoms. The number of carbonyl (C=O) groups is 1. The van der Waals surface area contributed by atoms with E-state index < -0.39 is 5.97 Å². The van der Waals surface area contributed by atoms with Gasteiger partial charge in [-0.15, -0.1) is 0 Å². The summed E-state index contributed by atoms with van der Waals surface area (Å²) in [7, 11) is 0. The van der Waals surface area contributed by atoms with Crippen molar-refractivity contribution in [2.45, 2.75) is 13.8 Å². The van der Waals surface area contributed by atoms with Crippen LogP contribution in [0.25, 0.3) is 11.1 Å². The standard InChI is InChI=1S/C16H15NO2/c1-12(17-19-13(2)18)15-10-6-7-11-16(15)14-8-4-3-5-9-14/h3-11H,1-2H3/b17-12+. The minimum Gasteiger partial charge on any atom is -0.318 e. The van der Waals surface area contributed by atoms with Crippen LogP contribution < -0.4 is 0 Å². The average Bonchev–Trinajstić information content (AvgIpc) is 2.45. The predicted molar refractivity (Wildman–Crippen MR) is 75.9 cm³/mol. The quantitative estimate of drug-likeness (QED) is 0.476. The van der Waals surface area contributed by atoms with Gasteiger partial charge in [0.1, 0.15) is 0 Å². The predicted octanol–water partition coefficient (Wildman–Crippen LogP) is 3.64. The minimum absolute atomic E-state index is 0.420. The molecular formula is C16H15NO2. The van der Waals surface area contributed by atoms with Gasteiger partial charge in [0.05, 0.1) is 5.71 Å². The van der Waals surface area contributed by atoms with Crippen molar-refractivity contribution in [3.05, 3.63) is 60.2 Å². The van der Waals surface area contributed by atoms with E-state index in [1.54, 1.807) is 0 Å². The zero-order chi connectivity index (χ0) is 13.7. The topological polar surface area (TPSA) is 38.7 Å². The van der Waals surface area contributed by atoms with Crippen LogP contribution >= 0.6 is 0 Å². The first-order valence-corrected chi connectivity index (χ1v) is 6.05. The van der Waals surface area contributed by atoms with Gasteiger partial charge in [0.25, 0.3) is 0 Å². The van der Waals surface area contributed by atoms with Crippen LogP contribution in [0.3, 0.4) is 0 Å². The molecular weight excluding hydrogens is 238 g/mol. The second kappa shape index (κ2) is 5.96. The Morgan fingerprint density at radius 1 is 0.947 bits per heavy atom. The molecule has 0 aliphatic rings. The van der Waals surface area contributed by atoms with Crippen LogP contribution in [-0.2, 0) is 9.63 Å². The highest BCUT2D eigenvalue weighted by atomic mass is 16.7. The van der Waals surface area contributed by atoms with Crippen molar-refractivity contribution in [2.24, 2.45) is 5.16 Å². The summed E-state index contributed by atoms with van der Waals surface area (Å²) in [5.41, 5.74) is 3.80. The number of benzene rings is 2. The van der Waals surface area contributed by atoms with Gasteiger partial charge in [-0.25, -0.2) is 4.79 Å². The summed E-state index contributed by atoms with van der Waals surface area (Å²) in [6, 6.07) is 17.9. The van der Waals surface area contributed by atoms with E-state index in [0.717, 1.165) is 16.7 Å². The number of nitrogens with zero attached hydrogens (tertiary/aromatic N) is 1. The van der Waals surface area contributed by atoms with E-state index in [2.05, 4.69) is 5.16 Å². The lowest BCUT2D eigenvalue weighted by molar-refractivity contribution is -0.140. The van der Waals surface area contributed by atoms with Crippen molar-refractivity contribution in [3.8, 4) is 11.1 Å². The van der Waals surface area contributed by atoms with Crippen molar-refractivity contribution in [1.29, 1.82) is 0 Å². The average molecular weight is 253 g/mol. The molecule has 0 unspecified atom stereocenters. The maximum atomic E-state index is 10.8. The van der Waals surface area contributed by atoms with Crippen molar-refractivity contribution < 1.29 is 9.63 Å². The summed E-state index contributed by atoms with van der Waals surface area (Å²) < 4.78 is 0. The van der Waals surface area contributed by atoms with Crippen LogP contribution in [0.5, 0.6) is 0 Å². The maximum absolute atomic E-state index is 10.8. The van der Waals surface area contributed by atoms with Gasteiger partial charge >= 0.3 is 5.97 Å². The number of rotatable bonds is 3. The third-order valence-corrected chi connectivity index (χ3v) is 2.71. The van der Waals surface area contributed by atoms with Gasteiger partial charge in [0.2, 0.25) is 0 Å². The van der Waals surface area contributed by atoms with E-state index in [4.69, 9.17) is 4.84 Å². The zero-order valence-corrected chi connectivity index (χ0v) is 11.0. The molecule has 0 heterocycles. The van der Waals surface area contributed by atoms with Crippen LogP contribution in [0.4, 0.5) is 0 Å². The fraction of sp³-hybridized carbons (Fsp3) is 0.125. The Morgan fingerprint density at radius 2 is 1.58 bits per heavy atom. The molecule has 0 fully saturated rings. The Hall–Kier alpha value is -2.42. The highest BCUT2D eigenvalue weighted by Gasteiger charge is 2.07. The molecule has 0 amide bonds. The largest absolute Gasteiger partial charge is 0.331 e. The third kappa shape index (κ3) is 3.28. The number of carbonyl (C=O) groups excluding carboxylic acids is 1. The molecule has 0 N–H and O–H groups in total. The molecule has 96 valence electrons. The van der Waals surface area contributed by atoms with E-state index in [9.17, 15) is 4.79 Å². The van der Waals surface area contributed by atoms with Crippen molar-refractivity contribution in [1.82, 2.24) is 0 Å². The first-order valence-electron chi connectivity index (χ1n) is 6.05. The summed E-state index contributed by atoms with van der Waals surface area (Å²) in [5.74, 6) is -0.420. The molecule has 0 saturated heterocycles. The first-order chi connectivity index (χ1) is 9.18.